The summed E-state index contributed by atoms with van der Waals surface area (Å²) in [6.07, 6.45) is 5.82. The SMILES string of the molecule is Brc1cccc(OC2CCN(c3ncccn3)CC2)c1. The minimum atomic E-state index is 0.268. The Morgan fingerprint density at radius 3 is 2.55 bits per heavy atom. The van der Waals surface area contributed by atoms with Crippen molar-refractivity contribution in [3.63, 3.8) is 0 Å². The monoisotopic (exact) mass is 333 g/mol. The first-order valence-electron chi connectivity index (χ1n) is 6.75. The smallest absolute Gasteiger partial charge is 0.225 e. The molecule has 0 spiro atoms. The van der Waals surface area contributed by atoms with E-state index >= 15 is 0 Å². The molecule has 1 fully saturated rings. The Morgan fingerprint density at radius 2 is 1.85 bits per heavy atom. The molecule has 3 rings (SSSR count). The van der Waals surface area contributed by atoms with E-state index in [1.54, 1.807) is 12.4 Å². The van der Waals surface area contributed by atoms with Crippen molar-refractivity contribution in [1.82, 2.24) is 9.97 Å². The molecule has 1 aromatic carbocycles. The van der Waals surface area contributed by atoms with Crippen LogP contribution in [-0.2, 0) is 0 Å². The Morgan fingerprint density at radius 1 is 1.10 bits per heavy atom. The van der Waals surface area contributed by atoms with Gasteiger partial charge in [0.1, 0.15) is 11.9 Å². The summed E-state index contributed by atoms with van der Waals surface area (Å²) < 4.78 is 7.07. The molecule has 20 heavy (non-hydrogen) atoms. The first-order chi connectivity index (χ1) is 9.81. The van der Waals surface area contributed by atoms with E-state index in [0.29, 0.717) is 0 Å². The lowest BCUT2D eigenvalue weighted by Gasteiger charge is -2.32. The molecule has 0 aliphatic carbocycles. The van der Waals surface area contributed by atoms with Crippen molar-refractivity contribution >= 4 is 21.9 Å². The fourth-order valence-corrected chi connectivity index (χ4v) is 2.74. The van der Waals surface area contributed by atoms with Crippen LogP contribution in [0.15, 0.2) is 47.2 Å². The quantitative estimate of drug-likeness (QED) is 0.863. The van der Waals surface area contributed by atoms with Gasteiger partial charge in [-0.15, -0.1) is 0 Å². The highest BCUT2D eigenvalue weighted by atomic mass is 79.9. The van der Waals surface area contributed by atoms with Crippen LogP contribution in [0.25, 0.3) is 0 Å². The van der Waals surface area contributed by atoms with Crippen LogP contribution in [0.2, 0.25) is 0 Å². The van der Waals surface area contributed by atoms with E-state index in [0.717, 1.165) is 42.1 Å². The third-order valence-corrected chi connectivity index (χ3v) is 3.87. The van der Waals surface area contributed by atoms with Crippen LogP contribution in [0, 0.1) is 0 Å². The largest absolute Gasteiger partial charge is 0.490 e. The van der Waals surface area contributed by atoms with Gasteiger partial charge in [-0.3, -0.25) is 0 Å². The average molecular weight is 334 g/mol. The minimum Gasteiger partial charge on any atom is -0.490 e. The predicted octanol–water partition coefficient (Wildman–Crippen LogP) is 3.29. The number of halogens is 1. The molecule has 1 aliphatic rings. The highest BCUT2D eigenvalue weighted by Gasteiger charge is 2.21. The summed E-state index contributed by atoms with van der Waals surface area (Å²) in [6, 6.07) is 9.84. The van der Waals surface area contributed by atoms with Crippen molar-refractivity contribution in [3.8, 4) is 5.75 Å². The van der Waals surface area contributed by atoms with Crippen LogP contribution in [0.5, 0.6) is 5.75 Å². The second kappa shape index (κ2) is 6.22. The molecule has 0 N–H and O–H groups in total. The molecule has 2 heterocycles. The Bertz CT molecular complexity index is 556. The predicted molar refractivity (Wildman–Crippen MR) is 82.0 cm³/mol. The second-order valence-corrected chi connectivity index (χ2v) is 5.73. The molecule has 104 valence electrons. The van der Waals surface area contributed by atoms with Crippen molar-refractivity contribution in [2.45, 2.75) is 18.9 Å². The van der Waals surface area contributed by atoms with Crippen molar-refractivity contribution < 1.29 is 4.74 Å². The number of anilines is 1. The fraction of sp³-hybridized carbons (Fsp3) is 0.333. The Labute approximate surface area is 126 Å². The lowest BCUT2D eigenvalue weighted by Crippen LogP contribution is -2.39. The van der Waals surface area contributed by atoms with Gasteiger partial charge in [-0.05, 0) is 24.3 Å². The standard InChI is InChI=1S/C15H16BrN3O/c16-12-3-1-4-14(11-12)20-13-5-9-19(10-6-13)15-17-7-2-8-18-15/h1-4,7-8,11,13H,5-6,9-10H2. The van der Waals surface area contributed by atoms with Crippen LogP contribution in [-0.4, -0.2) is 29.2 Å². The minimum absolute atomic E-state index is 0.268. The van der Waals surface area contributed by atoms with E-state index in [9.17, 15) is 0 Å². The van der Waals surface area contributed by atoms with Crippen LogP contribution in [0.3, 0.4) is 0 Å². The molecule has 0 unspecified atom stereocenters. The van der Waals surface area contributed by atoms with E-state index in [1.165, 1.54) is 0 Å². The molecule has 1 aliphatic heterocycles. The molecule has 2 aromatic rings. The zero-order valence-corrected chi connectivity index (χ0v) is 12.7. The maximum atomic E-state index is 6.02. The summed E-state index contributed by atoms with van der Waals surface area (Å²) in [6.45, 7) is 1.87. The number of nitrogens with zero attached hydrogens (tertiary/aromatic N) is 3. The van der Waals surface area contributed by atoms with E-state index in [2.05, 4.69) is 30.8 Å². The topological polar surface area (TPSA) is 38.2 Å². The molecule has 0 amide bonds. The zero-order chi connectivity index (χ0) is 13.8. The van der Waals surface area contributed by atoms with Gasteiger partial charge < -0.3 is 9.64 Å². The van der Waals surface area contributed by atoms with Crippen LogP contribution in [0.1, 0.15) is 12.8 Å². The number of rotatable bonds is 3. The van der Waals surface area contributed by atoms with Gasteiger partial charge in [0.05, 0.1) is 0 Å². The number of piperidine rings is 1. The molecule has 0 saturated carbocycles. The summed E-state index contributed by atoms with van der Waals surface area (Å²) in [7, 11) is 0. The Kier molecular flexibility index (Phi) is 4.16. The number of benzene rings is 1. The normalized spacial score (nSPS) is 16.1. The van der Waals surface area contributed by atoms with Gasteiger partial charge in [0.2, 0.25) is 5.95 Å². The van der Waals surface area contributed by atoms with Crippen LogP contribution in [0.4, 0.5) is 5.95 Å². The summed E-state index contributed by atoms with van der Waals surface area (Å²) in [5, 5.41) is 0. The number of aromatic nitrogens is 2. The van der Waals surface area contributed by atoms with Crippen LogP contribution >= 0.6 is 15.9 Å². The molecule has 1 saturated heterocycles. The lowest BCUT2D eigenvalue weighted by molar-refractivity contribution is 0.170. The maximum absolute atomic E-state index is 6.02. The molecule has 0 atom stereocenters. The summed E-state index contributed by atoms with van der Waals surface area (Å²) >= 11 is 3.46. The van der Waals surface area contributed by atoms with Crippen molar-refractivity contribution in [2.24, 2.45) is 0 Å². The van der Waals surface area contributed by atoms with Gasteiger partial charge in [-0.1, -0.05) is 22.0 Å². The third kappa shape index (κ3) is 3.28. The van der Waals surface area contributed by atoms with E-state index < -0.39 is 0 Å². The highest BCUT2D eigenvalue weighted by molar-refractivity contribution is 9.10. The second-order valence-electron chi connectivity index (χ2n) is 4.81. The summed E-state index contributed by atoms with van der Waals surface area (Å²) in [5.74, 6) is 1.74. The first kappa shape index (κ1) is 13.4. The van der Waals surface area contributed by atoms with Gasteiger partial charge in [0, 0.05) is 42.8 Å². The van der Waals surface area contributed by atoms with E-state index in [4.69, 9.17) is 4.74 Å². The van der Waals surface area contributed by atoms with E-state index in [1.807, 2.05) is 30.3 Å². The van der Waals surface area contributed by atoms with Crippen molar-refractivity contribution in [2.75, 3.05) is 18.0 Å². The molecule has 0 radical (unpaired) electrons. The average Bonchev–Trinajstić information content (AvgIpc) is 2.49. The number of ether oxygens (including phenoxy) is 1. The third-order valence-electron chi connectivity index (χ3n) is 3.38. The van der Waals surface area contributed by atoms with Gasteiger partial charge in [-0.25, -0.2) is 9.97 Å². The molecular weight excluding hydrogens is 318 g/mol. The highest BCUT2D eigenvalue weighted by Crippen LogP contribution is 2.23. The fourth-order valence-electron chi connectivity index (χ4n) is 2.36. The summed E-state index contributed by atoms with van der Waals surface area (Å²) in [5.41, 5.74) is 0. The van der Waals surface area contributed by atoms with Gasteiger partial charge in [0.25, 0.3) is 0 Å². The Hall–Kier alpha value is -1.62. The van der Waals surface area contributed by atoms with Crippen molar-refractivity contribution in [1.29, 1.82) is 0 Å². The Balaban J connectivity index is 1.56. The molecule has 4 nitrogen and oxygen atoms in total. The van der Waals surface area contributed by atoms with Crippen molar-refractivity contribution in [3.05, 3.63) is 47.2 Å². The molecule has 0 bridgehead atoms. The van der Waals surface area contributed by atoms with Gasteiger partial charge >= 0.3 is 0 Å². The lowest BCUT2D eigenvalue weighted by atomic mass is 10.1. The van der Waals surface area contributed by atoms with Gasteiger partial charge in [-0.2, -0.15) is 0 Å². The van der Waals surface area contributed by atoms with E-state index in [-0.39, 0.29) is 6.10 Å². The summed E-state index contributed by atoms with van der Waals surface area (Å²) in [4.78, 5) is 10.8. The van der Waals surface area contributed by atoms with Gasteiger partial charge in [0.15, 0.2) is 0 Å². The first-order valence-corrected chi connectivity index (χ1v) is 7.55. The molecule has 5 heteroatoms. The maximum Gasteiger partial charge on any atom is 0.225 e. The van der Waals surface area contributed by atoms with Crippen LogP contribution < -0.4 is 9.64 Å². The number of hydrogen-bond acceptors (Lipinski definition) is 4. The number of hydrogen-bond donors (Lipinski definition) is 0. The molecule has 1 aromatic heterocycles. The molecular formula is C15H16BrN3O. The zero-order valence-electron chi connectivity index (χ0n) is 11.1.